The summed E-state index contributed by atoms with van der Waals surface area (Å²) in [4.78, 5) is 29.5. The van der Waals surface area contributed by atoms with Crippen molar-refractivity contribution in [2.45, 2.75) is 99.4 Å². The number of carboxylic acids is 1. The van der Waals surface area contributed by atoms with Gasteiger partial charge in [0.2, 0.25) is 0 Å². The Kier molecular flexibility index (Phi) is 4.98. The lowest BCUT2D eigenvalue weighted by Crippen LogP contribution is -2.75. The molecule has 12 atom stereocenters. The van der Waals surface area contributed by atoms with Crippen molar-refractivity contribution in [3.8, 4) is 0 Å². The summed E-state index contributed by atoms with van der Waals surface area (Å²) in [6.07, 6.45) is 2.83. The number of ether oxygens (including phenoxy) is 3. The van der Waals surface area contributed by atoms with Crippen molar-refractivity contribution < 1.29 is 33.3 Å². The molecule has 9 unspecified atom stereocenters. The maximum Gasteiger partial charge on any atom is 0.340 e. The van der Waals surface area contributed by atoms with Crippen molar-refractivity contribution >= 4 is 11.8 Å². The van der Waals surface area contributed by atoms with E-state index in [1.54, 1.807) is 0 Å². The number of carbonyl (C=O) groups is 2. The fourth-order valence-corrected chi connectivity index (χ4v) is 8.00. The second-order valence-electron chi connectivity index (χ2n) is 11.9. The van der Waals surface area contributed by atoms with Crippen LogP contribution in [0.1, 0.15) is 39.0 Å². The van der Waals surface area contributed by atoms with Gasteiger partial charge in [0.25, 0.3) is 0 Å². The monoisotopic (exact) mass is 491 g/mol. The maximum atomic E-state index is 15.8. The molecule has 5 heterocycles. The normalized spacial score (nSPS) is 53.0. The highest BCUT2D eigenvalue weighted by molar-refractivity contribution is 6.18. The number of epoxide rings is 1. The van der Waals surface area contributed by atoms with Crippen LogP contribution in [-0.4, -0.2) is 107 Å². The van der Waals surface area contributed by atoms with Gasteiger partial charge in [0.15, 0.2) is 5.78 Å². The van der Waals surface area contributed by atoms with Crippen LogP contribution in [0.15, 0.2) is 11.8 Å². The first-order chi connectivity index (χ1) is 16.7. The fourth-order valence-electron chi connectivity index (χ4n) is 8.00. The lowest BCUT2D eigenvalue weighted by Gasteiger charge is -2.61. The quantitative estimate of drug-likeness (QED) is 0.429. The molecule has 6 fully saturated rings. The van der Waals surface area contributed by atoms with Crippen molar-refractivity contribution in [3.05, 3.63) is 11.8 Å². The SMILES string of the molecule is C[C@]1([C@H]2CC3CCC4OC5C(N6CC[C@H](N)C6)C(F)CC6C(=O)C(C(=O)O)=CN(C4C3O2)C65)CO1. The highest BCUT2D eigenvalue weighted by Gasteiger charge is 2.64. The van der Waals surface area contributed by atoms with E-state index in [2.05, 4.69) is 16.7 Å². The predicted molar refractivity (Wildman–Crippen MR) is 120 cm³/mol. The summed E-state index contributed by atoms with van der Waals surface area (Å²) in [6, 6.07) is -1.10. The lowest BCUT2D eigenvalue weighted by atomic mass is 9.68. The molecule has 5 aliphatic heterocycles. The smallest absolute Gasteiger partial charge is 0.340 e. The number of halogens is 1. The molecule has 4 saturated heterocycles. The highest BCUT2D eigenvalue weighted by Crippen LogP contribution is 2.52. The van der Waals surface area contributed by atoms with Gasteiger partial charge in [0.1, 0.15) is 17.3 Å². The van der Waals surface area contributed by atoms with Crippen molar-refractivity contribution in [1.29, 1.82) is 0 Å². The van der Waals surface area contributed by atoms with Crippen LogP contribution >= 0.6 is 0 Å². The Labute approximate surface area is 203 Å². The number of Topliss-reactive ketones (excluding diaryl/α,β-unsaturated/α-hetero) is 1. The van der Waals surface area contributed by atoms with E-state index in [1.807, 2.05) is 0 Å². The van der Waals surface area contributed by atoms with Gasteiger partial charge in [-0.15, -0.1) is 0 Å². The van der Waals surface area contributed by atoms with Gasteiger partial charge in [0, 0.05) is 31.2 Å². The first-order valence-electron chi connectivity index (χ1n) is 13.1. The van der Waals surface area contributed by atoms with E-state index in [4.69, 9.17) is 19.9 Å². The van der Waals surface area contributed by atoms with Gasteiger partial charge in [0.05, 0.1) is 49.1 Å². The summed E-state index contributed by atoms with van der Waals surface area (Å²) in [7, 11) is 0. The van der Waals surface area contributed by atoms with Crippen LogP contribution in [-0.2, 0) is 23.8 Å². The summed E-state index contributed by atoms with van der Waals surface area (Å²) < 4.78 is 34.8. The van der Waals surface area contributed by atoms with Gasteiger partial charge < -0.3 is 30.0 Å². The molecule has 7 aliphatic rings. The first kappa shape index (κ1) is 22.6. The Balaban J connectivity index is 1.28. The zero-order chi connectivity index (χ0) is 24.2. The molecule has 7 rings (SSSR count). The molecule has 35 heavy (non-hydrogen) atoms. The molecule has 0 radical (unpaired) electrons. The zero-order valence-corrected chi connectivity index (χ0v) is 19.9. The zero-order valence-electron chi connectivity index (χ0n) is 19.9. The lowest BCUT2D eigenvalue weighted by molar-refractivity contribution is -0.232. The Morgan fingerprint density at radius 2 is 1.97 bits per heavy atom. The minimum absolute atomic E-state index is 0.000435. The standard InChI is InChI=1S/C25H34FN3O6/c1-25(10-33-25)17-6-11-2-3-16-20(22(11)35-17)29-9-14(24(31)32)21(30)13-7-15(26)19(23(34-16)18(13)29)28-5-4-12(27)8-28/h9,11-13,15-20,22-23H,2-8,10,27H2,1H3,(H,31,32)/t11?,12-,13?,15?,16?,17+,18?,19?,20?,22?,23?,25+/m0/s1. The van der Waals surface area contributed by atoms with Crippen LogP contribution in [0, 0.1) is 11.8 Å². The van der Waals surface area contributed by atoms with E-state index in [0.717, 1.165) is 25.7 Å². The summed E-state index contributed by atoms with van der Waals surface area (Å²) in [5, 5.41) is 9.85. The van der Waals surface area contributed by atoms with Crippen molar-refractivity contribution in [2.75, 3.05) is 19.7 Å². The van der Waals surface area contributed by atoms with E-state index < -0.39 is 42.0 Å². The molecule has 192 valence electrons. The van der Waals surface area contributed by atoms with Gasteiger partial charge in [-0.1, -0.05) is 0 Å². The molecule has 0 bridgehead atoms. The third-order valence-corrected chi connectivity index (χ3v) is 9.87. The van der Waals surface area contributed by atoms with Gasteiger partial charge >= 0.3 is 5.97 Å². The number of ketones is 1. The summed E-state index contributed by atoms with van der Waals surface area (Å²) >= 11 is 0. The van der Waals surface area contributed by atoms with Crippen molar-refractivity contribution in [2.24, 2.45) is 17.6 Å². The Morgan fingerprint density at radius 3 is 2.66 bits per heavy atom. The van der Waals surface area contributed by atoms with Crippen LogP contribution in [0.2, 0.25) is 0 Å². The first-order valence-corrected chi connectivity index (χ1v) is 13.1. The minimum Gasteiger partial charge on any atom is -0.478 e. The molecule has 2 saturated carbocycles. The fraction of sp³-hybridized carbons (Fsp3) is 0.840. The van der Waals surface area contributed by atoms with Crippen LogP contribution < -0.4 is 5.73 Å². The van der Waals surface area contributed by atoms with Crippen molar-refractivity contribution in [3.63, 3.8) is 0 Å². The average molecular weight is 492 g/mol. The molecule has 0 aromatic heterocycles. The Morgan fingerprint density at radius 1 is 1.17 bits per heavy atom. The number of hydrogen-bond donors (Lipinski definition) is 2. The minimum atomic E-state index is -1.28. The number of hydrogen-bond acceptors (Lipinski definition) is 8. The molecule has 9 nitrogen and oxygen atoms in total. The summed E-state index contributed by atoms with van der Waals surface area (Å²) in [6.45, 7) is 4.07. The van der Waals surface area contributed by atoms with Crippen LogP contribution in [0.4, 0.5) is 4.39 Å². The molecule has 2 aliphatic carbocycles. The molecule has 10 heteroatoms. The molecule has 0 aromatic rings. The number of aliphatic carboxylic acids is 1. The van der Waals surface area contributed by atoms with E-state index in [0.29, 0.717) is 25.6 Å². The molecular formula is C25H34FN3O6. The third-order valence-electron chi connectivity index (χ3n) is 9.87. The topological polar surface area (TPSA) is 118 Å². The number of rotatable bonds is 3. The van der Waals surface area contributed by atoms with Crippen LogP contribution in [0.25, 0.3) is 0 Å². The number of nitrogens with two attached hydrogens (primary N) is 1. The van der Waals surface area contributed by atoms with E-state index in [9.17, 15) is 14.7 Å². The number of carbonyl (C=O) groups excluding carboxylic acids is 1. The Bertz CT molecular complexity index is 973. The Hall–Kier alpha value is -1.59. The van der Waals surface area contributed by atoms with Gasteiger partial charge in [-0.2, -0.15) is 0 Å². The summed E-state index contributed by atoms with van der Waals surface area (Å²) in [5.74, 6) is -2.17. The van der Waals surface area contributed by atoms with Crippen LogP contribution in [0.3, 0.4) is 0 Å². The van der Waals surface area contributed by atoms with Gasteiger partial charge in [-0.3, -0.25) is 9.69 Å². The third kappa shape index (κ3) is 3.29. The number of carboxylic acid groups (broad SMARTS) is 1. The van der Waals surface area contributed by atoms with Gasteiger partial charge in [-0.25, -0.2) is 9.18 Å². The second kappa shape index (κ2) is 7.71. The number of alkyl halides is 1. The number of morpholine rings is 1. The second-order valence-corrected chi connectivity index (χ2v) is 11.9. The summed E-state index contributed by atoms with van der Waals surface area (Å²) in [5.41, 5.74) is 5.65. The average Bonchev–Trinajstić information content (AvgIpc) is 3.21. The predicted octanol–water partition coefficient (Wildman–Crippen LogP) is 0.460. The molecule has 0 spiro atoms. The highest BCUT2D eigenvalue weighted by atomic mass is 19.1. The van der Waals surface area contributed by atoms with Crippen LogP contribution in [0.5, 0.6) is 0 Å². The van der Waals surface area contributed by atoms with Gasteiger partial charge in [-0.05, 0) is 44.9 Å². The molecular weight excluding hydrogens is 457 g/mol. The maximum absolute atomic E-state index is 15.8. The number of fused-ring (bicyclic) bond motifs is 4. The molecule has 0 amide bonds. The van der Waals surface area contributed by atoms with E-state index >= 15 is 4.39 Å². The van der Waals surface area contributed by atoms with Crippen molar-refractivity contribution in [1.82, 2.24) is 9.80 Å². The number of likely N-dealkylation sites (tertiary alicyclic amines) is 1. The number of nitrogens with zero attached hydrogens (tertiary/aromatic N) is 2. The molecule has 3 N–H and O–H groups in total. The van der Waals surface area contributed by atoms with E-state index in [-0.39, 0.29) is 48.0 Å². The largest absolute Gasteiger partial charge is 0.478 e. The van der Waals surface area contributed by atoms with E-state index in [1.165, 1.54) is 6.20 Å². The molecule has 0 aromatic carbocycles.